The number of hydrogen-bond donors (Lipinski definition) is 1. The summed E-state index contributed by atoms with van der Waals surface area (Å²) in [4.78, 5) is 13.0. The summed E-state index contributed by atoms with van der Waals surface area (Å²) in [5, 5.41) is 3.36. The van der Waals surface area contributed by atoms with E-state index < -0.39 is 23.8 Å². The molecular weight excluding hydrogens is 433 g/mol. The van der Waals surface area contributed by atoms with E-state index in [9.17, 15) is 9.18 Å². The zero-order valence-electron chi connectivity index (χ0n) is 19.9. The first-order valence-corrected chi connectivity index (χ1v) is 11.5. The molecule has 5 nitrogen and oxygen atoms in total. The van der Waals surface area contributed by atoms with Gasteiger partial charge in [-0.15, -0.1) is 0 Å². The number of rotatable bonds is 7. The summed E-state index contributed by atoms with van der Waals surface area (Å²) in [6, 6.07) is 19.4. The molecule has 2 unspecified atom stereocenters. The van der Waals surface area contributed by atoms with Gasteiger partial charge in [0.2, 0.25) is 0 Å². The lowest BCUT2D eigenvalue weighted by molar-refractivity contribution is -0.137. The molecule has 0 bridgehead atoms. The van der Waals surface area contributed by atoms with Crippen LogP contribution in [0, 0.1) is 12.7 Å². The van der Waals surface area contributed by atoms with Crippen molar-refractivity contribution in [1.29, 1.82) is 0 Å². The van der Waals surface area contributed by atoms with Crippen molar-refractivity contribution in [2.75, 3.05) is 11.9 Å². The van der Waals surface area contributed by atoms with Crippen molar-refractivity contribution in [3.8, 4) is 5.75 Å². The molecule has 0 spiro atoms. The molecule has 0 saturated heterocycles. The highest BCUT2D eigenvalue weighted by Gasteiger charge is 2.47. The summed E-state index contributed by atoms with van der Waals surface area (Å²) in [7, 11) is 0. The Morgan fingerprint density at radius 1 is 1.06 bits per heavy atom. The molecule has 2 atom stereocenters. The van der Waals surface area contributed by atoms with Crippen LogP contribution >= 0.6 is 0 Å². The number of fused-ring (bicyclic) bond motifs is 1. The summed E-state index contributed by atoms with van der Waals surface area (Å²) in [5.41, 5.74) is 3.39. The molecule has 3 aromatic rings. The fraction of sp³-hybridized carbons (Fsp3) is 0.321. The van der Waals surface area contributed by atoms with Gasteiger partial charge in [-0.3, -0.25) is 0 Å². The third-order valence-electron chi connectivity index (χ3n) is 5.93. The Hall–Kier alpha value is -3.38. The summed E-state index contributed by atoms with van der Waals surface area (Å²) in [5.74, 6) is 0.0157. The van der Waals surface area contributed by atoms with Crippen LogP contribution in [0.3, 0.4) is 0 Å². The number of carbonyl (C=O) groups excluding carboxylic acids is 1. The van der Waals surface area contributed by atoms with Crippen molar-refractivity contribution in [3.63, 3.8) is 0 Å². The van der Waals surface area contributed by atoms with Crippen LogP contribution in [0.25, 0.3) is 0 Å². The highest BCUT2D eigenvalue weighted by atomic mass is 19.1. The molecular formula is C28H30FNO4. The third kappa shape index (κ3) is 5.23. The molecule has 0 aliphatic carbocycles. The lowest BCUT2D eigenvalue weighted by atomic mass is 9.87. The predicted molar refractivity (Wildman–Crippen MR) is 130 cm³/mol. The van der Waals surface area contributed by atoms with E-state index >= 15 is 0 Å². The number of anilines is 1. The molecule has 0 aromatic heterocycles. The quantitative estimate of drug-likeness (QED) is 0.422. The second-order valence-electron chi connectivity index (χ2n) is 9.01. The topological polar surface area (TPSA) is 56.8 Å². The number of nitrogens with one attached hydrogen (secondary N) is 1. The molecule has 3 aromatic carbocycles. The Morgan fingerprint density at radius 3 is 2.44 bits per heavy atom. The smallest absolute Gasteiger partial charge is 0.338 e. The SMILES string of the molecule is CCOC1c2cc(NCc3ccc(F)cc3)ccc2OC(C)(C)C1OC(=O)c1ccc(C)cc1. The van der Waals surface area contributed by atoms with Gasteiger partial charge in [-0.25, -0.2) is 9.18 Å². The first-order chi connectivity index (χ1) is 16.3. The molecule has 178 valence electrons. The van der Waals surface area contributed by atoms with Gasteiger partial charge < -0.3 is 19.5 Å². The lowest BCUT2D eigenvalue weighted by Gasteiger charge is -2.43. The molecule has 34 heavy (non-hydrogen) atoms. The van der Waals surface area contributed by atoms with E-state index in [1.807, 2.05) is 58.0 Å². The molecule has 1 aliphatic heterocycles. The van der Waals surface area contributed by atoms with E-state index in [1.165, 1.54) is 12.1 Å². The third-order valence-corrected chi connectivity index (χ3v) is 5.93. The zero-order chi connectivity index (χ0) is 24.3. The largest absolute Gasteiger partial charge is 0.483 e. The van der Waals surface area contributed by atoms with Gasteiger partial charge in [-0.05, 0) is 75.7 Å². The van der Waals surface area contributed by atoms with Crippen molar-refractivity contribution < 1.29 is 23.4 Å². The number of benzene rings is 3. The van der Waals surface area contributed by atoms with Gasteiger partial charge in [0, 0.05) is 24.4 Å². The first kappa shape index (κ1) is 23.8. The van der Waals surface area contributed by atoms with Crippen LogP contribution in [-0.2, 0) is 16.0 Å². The number of halogens is 1. The van der Waals surface area contributed by atoms with Crippen LogP contribution in [0.4, 0.5) is 10.1 Å². The minimum absolute atomic E-state index is 0.261. The van der Waals surface area contributed by atoms with E-state index in [2.05, 4.69) is 5.32 Å². The standard InChI is InChI=1S/C28H30FNO4/c1-5-32-25-23-16-22(30-17-19-8-12-21(29)13-9-19)14-15-24(23)34-28(3,4)26(25)33-27(31)20-10-6-18(2)7-11-20/h6-16,25-26,30H,5,17H2,1-4H3. The molecule has 1 N–H and O–H groups in total. The minimum Gasteiger partial charge on any atom is -0.483 e. The fourth-order valence-electron chi connectivity index (χ4n) is 4.08. The van der Waals surface area contributed by atoms with E-state index in [0.717, 1.165) is 22.4 Å². The summed E-state index contributed by atoms with van der Waals surface area (Å²) in [6.45, 7) is 8.67. The normalized spacial score (nSPS) is 18.5. The van der Waals surface area contributed by atoms with Gasteiger partial charge in [-0.1, -0.05) is 29.8 Å². The van der Waals surface area contributed by atoms with E-state index in [4.69, 9.17) is 14.2 Å². The van der Waals surface area contributed by atoms with Crippen molar-refractivity contribution in [2.24, 2.45) is 0 Å². The van der Waals surface area contributed by atoms with Gasteiger partial charge in [0.25, 0.3) is 0 Å². The van der Waals surface area contributed by atoms with Crippen molar-refractivity contribution >= 4 is 11.7 Å². The summed E-state index contributed by atoms with van der Waals surface area (Å²) >= 11 is 0. The van der Waals surface area contributed by atoms with Gasteiger partial charge in [0.15, 0.2) is 6.10 Å². The molecule has 0 saturated carbocycles. The molecule has 6 heteroatoms. The molecule has 1 heterocycles. The Kier molecular flexibility index (Phi) is 6.89. The van der Waals surface area contributed by atoms with Crippen LogP contribution < -0.4 is 10.1 Å². The Morgan fingerprint density at radius 2 is 1.76 bits per heavy atom. The maximum Gasteiger partial charge on any atom is 0.338 e. The predicted octanol–water partition coefficient (Wildman–Crippen LogP) is 6.22. The van der Waals surface area contributed by atoms with E-state index in [0.29, 0.717) is 24.5 Å². The first-order valence-electron chi connectivity index (χ1n) is 11.5. The van der Waals surface area contributed by atoms with Crippen molar-refractivity contribution in [2.45, 2.75) is 52.0 Å². The molecule has 0 radical (unpaired) electrons. The van der Waals surface area contributed by atoms with Gasteiger partial charge >= 0.3 is 5.97 Å². The number of hydrogen-bond acceptors (Lipinski definition) is 5. The fourth-order valence-corrected chi connectivity index (χ4v) is 4.08. The monoisotopic (exact) mass is 463 g/mol. The maximum atomic E-state index is 13.2. The summed E-state index contributed by atoms with van der Waals surface area (Å²) < 4.78 is 31.6. The molecule has 0 amide bonds. The van der Waals surface area contributed by atoms with Gasteiger partial charge in [-0.2, -0.15) is 0 Å². The highest BCUT2D eigenvalue weighted by Crippen LogP contribution is 2.44. The number of esters is 1. The highest BCUT2D eigenvalue weighted by molar-refractivity contribution is 5.89. The van der Waals surface area contributed by atoms with E-state index in [1.54, 1.807) is 24.3 Å². The van der Waals surface area contributed by atoms with E-state index in [-0.39, 0.29) is 5.82 Å². The molecule has 1 aliphatic rings. The number of aryl methyl sites for hydroxylation is 1. The van der Waals surface area contributed by atoms with Crippen LogP contribution in [0.15, 0.2) is 66.7 Å². The van der Waals surface area contributed by atoms with Crippen molar-refractivity contribution in [3.05, 3.63) is 94.8 Å². The maximum absolute atomic E-state index is 13.2. The average molecular weight is 464 g/mol. The average Bonchev–Trinajstić information content (AvgIpc) is 2.81. The molecule has 4 rings (SSSR count). The van der Waals surface area contributed by atoms with Gasteiger partial charge in [0.05, 0.1) is 5.56 Å². The number of carbonyl (C=O) groups is 1. The summed E-state index contributed by atoms with van der Waals surface area (Å²) in [6.07, 6.45) is -1.15. The Labute approximate surface area is 199 Å². The van der Waals surface area contributed by atoms with Crippen LogP contribution in [0.1, 0.15) is 53.9 Å². The zero-order valence-corrected chi connectivity index (χ0v) is 19.9. The van der Waals surface area contributed by atoms with Crippen LogP contribution in [0.5, 0.6) is 5.75 Å². The second-order valence-corrected chi connectivity index (χ2v) is 9.01. The lowest BCUT2D eigenvalue weighted by Crippen LogP contribution is -2.51. The Balaban J connectivity index is 1.59. The van der Waals surface area contributed by atoms with Gasteiger partial charge in [0.1, 0.15) is 23.3 Å². The minimum atomic E-state index is -0.795. The van der Waals surface area contributed by atoms with Crippen molar-refractivity contribution in [1.82, 2.24) is 0 Å². The van der Waals surface area contributed by atoms with Crippen LogP contribution in [-0.4, -0.2) is 24.3 Å². The number of ether oxygens (including phenoxy) is 3. The Bertz CT molecular complexity index is 1140. The molecule has 0 fully saturated rings. The van der Waals surface area contributed by atoms with Crippen LogP contribution in [0.2, 0.25) is 0 Å². The second kappa shape index (κ2) is 9.85.